The highest BCUT2D eigenvalue weighted by Gasteiger charge is 2.61. The molecule has 1 aromatic rings. The third-order valence-corrected chi connectivity index (χ3v) is 5.70. The Labute approximate surface area is 145 Å². The second kappa shape index (κ2) is 5.79. The molecule has 25 heavy (non-hydrogen) atoms. The fraction of sp³-hybridized carbons (Fsp3) is 0.474. The van der Waals surface area contributed by atoms with Gasteiger partial charge in [0.05, 0.1) is 23.1 Å². The molecule has 0 radical (unpaired) electrons. The van der Waals surface area contributed by atoms with E-state index in [1.165, 1.54) is 17.9 Å². The van der Waals surface area contributed by atoms with Crippen LogP contribution in [-0.2, 0) is 19.1 Å². The molecule has 3 aliphatic rings. The number of rotatable bonds is 4. The first kappa shape index (κ1) is 16.0. The van der Waals surface area contributed by atoms with Gasteiger partial charge in [0.15, 0.2) is 5.78 Å². The fourth-order valence-electron chi connectivity index (χ4n) is 4.73. The summed E-state index contributed by atoms with van der Waals surface area (Å²) in [6.45, 7) is 0.994. The highest BCUT2D eigenvalue weighted by Crippen LogP contribution is 2.56. The van der Waals surface area contributed by atoms with E-state index in [2.05, 4.69) is 0 Å². The van der Waals surface area contributed by atoms with Gasteiger partial charge in [0.1, 0.15) is 6.61 Å². The Balaban J connectivity index is 1.67. The van der Waals surface area contributed by atoms with Crippen molar-refractivity contribution in [2.75, 3.05) is 11.5 Å². The standard InChI is InChI=1S/C19H19NO5/c1-10(21)9-25-19(24)13-4-2-3-5-14(13)20-17(22)15-11-6-7-12(8-11)16(15)18(20)23/h2-5,11-12,15-16H,6-9H2,1H3/t11-,12-,15-,16+/m0/s1. The van der Waals surface area contributed by atoms with Crippen LogP contribution in [0.1, 0.15) is 36.5 Å². The van der Waals surface area contributed by atoms with Gasteiger partial charge in [-0.25, -0.2) is 9.69 Å². The summed E-state index contributed by atoms with van der Waals surface area (Å²) in [5.41, 5.74) is 0.401. The van der Waals surface area contributed by atoms with Crippen LogP contribution in [0.25, 0.3) is 0 Å². The van der Waals surface area contributed by atoms with Crippen molar-refractivity contribution in [1.29, 1.82) is 0 Å². The number of anilines is 1. The molecule has 0 spiro atoms. The lowest BCUT2D eigenvalue weighted by atomic mass is 9.81. The van der Waals surface area contributed by atoms with E-state index >= 15 is 0 Å². The number of benzene rings is 1. The number of imide groups is 1. The maximum atomic E-state index is 12.9. The minimum Gasteiger partial charge on any atom is -0.454 e. The molecule has 3 fully saturated rings. The van der Waals surface area contributed by atoms with Crippen LogP contribution in [0, 0.1) is 23.7 Å². The molecule has 0 unspecified atom stereocenters. The molecule has 2 amide bonds. The van der Waals surface area contributed by atoms with Crippen molar-refractivity contribution < 1.29 is 23.9 Å². The Morgan fingerprint density at radius 2 is 1.68 bits per heavy atom. The van der Waals surface area contributed by atoms with Crippen LogP contribution in [0.3, 0.4) is 0 Å². The second-order valence-corrected chi connectivity index (χ2v) is 7.19. The Kier molecular flexibility index (Phi) is 3.71. The monoisotopic (exact) mass is 341 g/mol. The molecule has 130 valence electrons. The van der Waals surface area contributed by atoms with Crippen LogP contribution in [-0.4, -0.2) is 30.2 Å². The molecule has 1 heterocycles. The number of amides is 2. The van der Waals surface area contributed by atoms with E-state index in [0.29, 0.717) is 0 Å². The number of hydrogen-bond donors (Lipinski definition) is 0. The van der Waals surface area contributed by atoms with Gasteiger partial charge in [-0.05, 0) is 50.2 Å². The third kappa shape index (κ3) is 2.39. The van der Waals surface area contributed by atoms with Crippen LogP contribution in [0.15, 0.2) is 24.3 Å². The van der Waals surface area contributed by atoms with E-state index < -0.39 is 5.97 Å². The van der Waals surface area contributed by atoms with E-state index in [0.717, 1.165) is 19.3 Å². The minimum atomic E-state index is -0.702. The van der Waals surface area contributed by atoms with Crippen molar-refractivity contribution >= 4 is 29.3 Å². The zero-order valence-corrected chi connectivity index (χ0v) is 13.9. The molecule has 4 atom stereocenters. The lowest BCUT2D eigenvalue weighted by Gasteiger charge is -2.19. The first-order chi connectivity index (χ1) is 12.0. The Bertz CT molecular complexity index is 758. The molecule has 6 heteroatoms. The Morgan fingerprint density at radius 3 is 2.28 bits per heavy atom. The number of ketones is 1. The van der Waals surface area contributed by atoms with E-state index in [-0.39, 0.29) is 59.1 Å². The maximum Gasteiger partial charge on any atom is 0.340 e. The highest BCUT2D eigenvalue weighted by atomic mass is 16.5. The van der Waals surface area contributed by atoms with Gasteiger partial charge in [0, 0.05) is 0 Å². The zero-order valence-electron chi connectivity index (χ0n) is 13.9. The number of hydrogen-bond acceptors (Lipinski definition) is 5. The maximum absolute atomic E-state index is 12.9. The predicted octanol–water partition coefficient (Wildman–Crippen LogP) is 1.97. The van der Waals surface area contributed by atoms with Crippen molar-refractivity contribution in [1.82, 2.24) is 0 Å². The van der Waals surface area contributed by atoms with Crippen molar-refractivity contribution in [3.63, 3.8) is 0 Å². The largest absolute Gasteiger partial charge is 0.454 e. The van der Waals surface area contributed by atoms with E-state index in [1.807, 2.05) is 0 Å². The van der Waals surface area contributed by atoms with Crippen molar-refractivity contribution in [2.45, 2.75) is 26.2 Å². The van der Waals surface area contributed by atoms with Crippen LogP contribution in [0.2, 0.25) is 0 Å². The molecule has 2 saturated carbocycles. The van der Waals surface area contributed by atoms with Gasteiger partial charge in [0.2, 0.25) is 11.8 Å². The van der Waals surface area contributed by atoms with Crippen LogP contribution in [0.4, 0.5) is 5.69 Å². The molecule has 4 rings (SSSR count). The molecule has 1 aromatic carbocycles. The van der Waals surface area contributed by atoms with E-state index in [9.17, 15) is 19.2 Å². The summed E-state index contributed by atoms with van der Waals surface area (Å²) in [6, 6.07) is 6.42. The van der Waals surface area contributed by atoms with Crippen molar-refractivity contribution in [2.24, 2.45) is 23.7 Å². The van der Waals surface area contributed by atoms with Gasteiger partial charge < -0.3 is 4.74 Å². The van der Waals surface area contributed by atoms with Gasteiger partial charge in [-0.3, -0.25) is 14.4 Å². The second-order valence-electron chi connectivity index (χ2n) is 7.19. The number of para-hydroxylation sites is 1. The number of carbonyl (C=O) groups is 4. The summed E-state index contributed by atoms with van der Waals surface area (Å²) in [5.74, 6) is -1.29. The molecule has 0 N–H and O–H groups in total. The normalized spacial score (nSPS) is 29.9. The summed E-state index contributed by atoms with van der Waals surface area (Å²) in [7, 11) is 0. The quantitative estimate of drug-likeness (QED) is 0.618. The number of carbonyl (C=O) groups excluding carboxylic acids is 4. The lowest BCUT2D eigenvalue weighted by molar-refractivity contribution is -0.123. The number of Topliss-reactive ketones (excluding diaryl/α,β-unsaturated/α-hetero) is 1. The number of ether oxygens (including phenoxy) is 1. The van der Waals surface area contributed by atoms with Gasteiger partial charge in [-0.15, -0.1) is 0 Å². The molecule has 2 aliphatic carbocycles. The summed E-state index contributed by atoms with van der Waals surface area (Å²) < 4.78 is 4.97. The molecule has 6 nitrogen and oxygen atoms in total. The van der Waals surface area contributed by atoms with Crippen molar-refractivity contribution in [3.8, 4) is 0 Å². The SMILES string of the molecule is CC(=O)COC(=O)c1ccccc1N1C(=O)[C@@H]2[C@H]3CC[C@@H](C3)[C@@H]2C1=O. The highest BCUT2D eigenvalue weighted by molar-refractivity contribution is 6.24. The van der Waals surface area contributed by atoms with Crippen LogP contribution in [0.5, 0.6) is 0 Å². The fourth-order valence-corrected chi connectivity index (χ4v) is 4.73. The van der Waals surface area contributed by atoms with Gasteiger partial charge >= 0.3 is 5.97 Å². The Hall–Kier alpha value is -2.50. The molecule has 1 aliphatic heterocycles. The molecule has 0 aromatic heterocycles. The number of fused-ring (bicyclic) bond motifs is 5. The molecule has 1 saturated heterocycles. The van der Waals surface area contributed by atoms with E-state index in [1.54, 1.807) is 18.2 Å². The van der Waals surface area contributed by atoms with Crippen LogP contribution >= 0.6 is 0 Å². The summed E-state index contributed by atoms with van der Waals surface area (Å²) in [5, 5.41) is 0. The predicted molar refractivity (Wildman–Crippen MR) is 87.7 cm³/mol. The van der Waals surface area contributed by atoms with Crippen molar-refractivity contribution in [3.05, 3.63) is 29.8 Å². The molecular weight excluding hydrogens is 322 g/mol. The summed E-state index contributed by atoms with van der Waals surface area (Å²) >= 11 is 0. The topological polar surface area (TPSA) is 80.8 Å². The minimum absolute atomic E-state index is 0.137. The average Bonchev–Trinajstić information content (AvgIpc) is 3.27. The van der Waals surface area contributed by atoms with Crippen LogP contribution < -0.4 is 4.90 Å². The average molecular weight is 341 g/mol. The van der Waals surface area contributed by atoms with Gasteiger partial charge in [-0.2, -0.15) is 0 Å². The smallest absolute Gasteiger partial charge is 0.340 e. The number of nitrogens with zero attached hydrogens (tertiary/aromatic N) is 1. The zero-order chi connectivity index (χ0) is 17.7. The van der Waals surface area contributed by atoms with Gasteiger partial charge in [0.25, 0.3) is 0 Å². The Morgan fingerprint density at radius 1 is 1.08 bits per heavy atom. The summed E-state index contributed by atoms with van der Waals surface area (Å²) in [6.07, 6.45) is 2.96. The number of esters is 1. The first-order valence-corrected chi connectivity index (χ1v) is 8.62. The lowest BCUT2D eigenvalue weighted by Crippen LogP contribution is -2.34. The third-order valence-electron chi connectivity index (χ3n) is 5.70. The summed E-state index contributed by atoms with van der Waals surface area (Å²) in [4.78, 5) is 50.4. The molecular formula is C19H19NO5. The van der Waals surface area contributed by atoms with E-state index in [4.69, 9.17) is 4.74 Å². The first-order valence-electron chi connectivity index (χ1n) is 8.62. The molecule has 2 bridgehead atoms. The van der Waals surface area contributed by atoms with Gasteiger partial charge in [-0.1, -0.05) is 12.1 Å².